The average molecular weight is 362 g/mol. The van der Waals surface area contributed by atoms with Gasteiger partial charge in [0.15, 0.2) is 0 Å². The lowest BCUT2D eigenvalue weighted by Gasteiger charge is -2.28. The molecule has 26 heavy (non-hydrogen) atoms. The Morgan fingerprint density at radius 3 is 2.92 bits per heavy atom. The Bertz CT molecular complexity index is 665. The molecule has 1 unspecified atom stereocenters. The Hall–Kier alpha value is -1.62. The number of carboxylic acid groups (broad SMARTS) is 1. The van der Waals surface area contributed by atoms with Crippen LogP contribution in [0, 0.1) is 23.1 Å². The summed E-state index contributed by atoms with van der Waals surface area (Å²) < 4.78 is 13.9. The molecule has 2 aliphatic rings. The lowest BCUT2D eigenvalue weighted by molar-refractivity contribution is -0.149. The van der Waals surface area contributed by atoms with Gasteiger partial charge in [0, 0.05) is 38.9 Å². The van der Waals surface area contributed by atoms with E-state index in [4.69, 9.17) is 0 Å². The molecule has 0 spiro atoms. The van der Waals surface area contributed by atoms with Crippen LogP contribution < -0.4 is 4.90 Å². The highest BCUT2D eigenvalue weighted by atomic mass is 19.1. The van der Waals surface area contributed by atoms with Gasteiger partial charge in [0.1, 0.15) is 5.82 Å². The largest absolute Gasteiger partial charge is 0.481 e. The second kappa shape index (κ2) is 7.55. The number of likely N-dealkylation sites (tertiary alicyclic amines) is 1. The molecule has 0 bridgehead atoms. The van der Waals surface area contributed by atoms with Crippen molar-refractivity contribution in [2.45, 2.75) is 46.1 Å². The summed E-state index contributed by atoms with van der Waals surface area (Å²) in [5, 5.41) is 9.78. The topological polar surface area (TPSA) is 43.8 Å². The van der Waals surface area contributed by atoms with Crippen molar-refractivity contribution in [3.8, 4) is 0 Å². The Morgan fingerprint density at radius 2 is 2.27 bits per heavy atom. The van der Waals surface area contributed by atoms with Gasteiger partial charge in [-0.2, -0.15) is 0 Å². The molecule has 3 rings (SSSR count). The van der Waals surface area contributed by atoms with Crippen molar-refractivity contribution in [1.29, 1.82) is 0 Å². The third-order valence-corrected chi connectivity index (χ3v) is 6.50. The van der Waals surface area contributed by atoms with Crippen LogP contribution in [-0.4, -0.2) is 42.7 Å². The minimum Gasteiger partial charge on any atom is -0.481 e. The highest BCUT2D eigenvalue weighted by molar-refractivity contribution is 5.76. The van der Waals surface area contributed by atoms with Crippen LogP contribution in [0.25, 0.3) is 0 Å². The minimum absolute atomic E-state index is 0.229. The highest BCUT2D eigenvalue weighted by Gasteiger charge is 2.54. The molecule has 1 saturated carbocycles. The Morgan fingerprint density at radius 1 is 1.50 bits per heavy atom. The van der Waals surface area contributed by atoms with E-state index in [0.717, 1.165) is 50.0 Å². The number of carbonyl (C=O) groups is 1. The van der Waals surface area contributed by atoms with Gasteiger partial charge in [0.2, 0.25) is 0 Å². The normalized spacial score (nSPS) is 26.7. The van der Waals surface area contributed by atoms with Crippen molar-refractivity contribution in [2.24, 2.45) is 17.3 Å². The van der Waals surface area contributed by atoms with Crippen LogP contribution in [0.4, 0.5) is 10.1 Å². The first-order valence-corrected chi connectivity index (χ1v) is 9.81. The first-order chi connectivity index (χ1) is 12.4. The number of rotatable bonds is 7. The Balaban J connectivity index is 1.78. The van der Waals surface area contributed by atoms with Gasteiger partial charge in [0.25, 0.3) is 0 Å². The number of nitrogens with zero attached hydrogens (tertiary/aromatic N) is 2. The van der Waals surface area contributed by atoms with Crippen LogP contribution in [0.15, 0.2) is 18.2 Å². The molecule has 0 amide bonds. The van der Waals surface area contributed by atoms with Crippen LogP contribution in [0.5, 0.6) is 0 Å². The SMILES string of the molecule is CCC(C)CN(C)c1ccc(F)cc1CN1C[C@@H]2CCC[C@@]2(C(=O)O)C1. The summed E-state index contributed by atoms with van der Waals surface area (Å²) in [6, 6.07) is 4.99. The molecule has 3 atom stereocenters. The molecule has 1 aliphatic heterocycles. The quantitative estimate of drug-likeness (QED) is 0.796. The van der Waals surface area contributed by atoms with E-state index in [2.05, 4.69) is 30.7 Å². The van der Waals surface area contributed by atoms with Gasteiger partial charge in [0.05, 0.1) is 5.41 Å². The lowest BCUT2D eigenvalue weighted by atomic mass is 9.81. The first kappa shape index (κ1) is 19.2. The van der Waals surface area contributed by atoms with E-state index in [1.54, 1.807) is 6.07 Å². The third-order valence-electron chi connectivity index (χ3n) is 6.50. The maximum absolute atomic E-state index is 13.9. The fourth-order valence-electron chi connectivity index (χ4n) is 4.85. The minimum atomic E-state index is -0.657. The van der Waals surface area contributed by atoms with Crippen LogP contribution >= 0.6 is 0 Å². The number of anilines is 1. The van der Waals surface area contributed by atoms with Crippen molar-refractivity contribution in [3.63, 3.8) is 0 Å². The van der Waals surface area contributed by atoms with Crippen molar-refractivity contribution < 1.29 is 14.3 Å². The molecular formula is C21H31FN2O2. The van der Waals surface area contributed by atoms with Crippen LogP contribution in [0.1, 0.15) is 45.1 Å². The molecule has 5 heteroatoms. The van der Waals surface area contributed by atoms with Crippen molar-refractivity contribution in [2.75, 3.05) is 31.6 Å². The molecule has 1 aromatic rings. The smallest absolute Gasteiger partial charge is 0.311 e. The number of carboxylic acids is 1. The average Bonchev–Trinajstić information content (AvgIpc) is 3.12. The molecule has 1 heterocycles. The van der Waals surface area contributed by atoms with Crippen molar-refractivity contribution >= 4 is 11.7 Å². The van der Waals surface area contributed by atoms with Gasteiger partial charge in [-0.15, -0.1) is 0 Å². The second-order valence-corrected chi connectivity index (χ2v) is 8.39. The molecule has 2 fully saturated rings. The monoisotopic (exact) mass is 362 g/mol. The summed E-state index contributed by atoms with van der Waals surface area (Å²) in [4.78, 5) is 16.3. The van der Waals surface area contributed by atoms with E-state index >= 15 is 0 Å². The van der Waals surface area contributed by atoms with Crippen molar-refractivity contribution in [1.82, 2.24) is 4.90 Å². The standard InChI is InChI=1S/C21H31FN2O2/c1-4-15(2)11-23(3)19-8-7-18(22)10-16(19)12-24-13-17-6-5-9-21(17,14-24)20(25)26/h7-8,10,15,17H,4-6,9,11-14H2,1-3H3,(H,25,26)/t15?,17-,21+/m0/s1. The first-order valence-electron chi connectivity index (χ1n) is 9.81. The molecule has 1 saturated heterocycles. The summed E-state index contributed by atoms with van der Waals surface area (Å²) in [6.45, 7) is 7.33. The van der Waals surface area contributed by atoms with Crippen LogP contribution in [0.2, 0.25) is 0 Å². The van der Waals surface area contributed by atoms with Gasteiger partial charge >= 0.3 is 5.97 Å². The summed E-state index contributed by atoms with van der Waals surface area (Å²) in [5.41, 5.74) is 1.42. The molecule has 0 radical (unpaired) electrons. The molecule has 1 N–H and O–H groups in total. The van der Waals surface area contributed by atoms with Gasteiger partial charge in [-0.25, -0.2) is 4.39 Å². The Kier molecular flexibility index (Phi) is 5.56. The number of fused-ring (bicyclic) bond motifs is 1. The van der Waals surface area contributed by atoms with E-state index in [9.17, 15) is 14.3 Å². The summed E-state index contributed by atoms with van der Waals surface area (Å²) in [7, 11) is 2.06. The van der Waals surface area contributed by atoms with E-state index in [1.807, 2.05) is 6.07 Å². The number of hydrogen-bond acceptors (Lipinski definition) is 3. The van der Waals surface area contributed by atoms with Gasteiger partial charge in [-0.05, 0) is 48.4 Å². The summed E-state index contributed by atoms with van der Waals surface area (Å²) in [5.74, 6) is -0.0851. The maximum atomic E-state index is 13.9. The summed E-state index contributed by atoms with van der Waals surface area (Å²) >= 11 is 0. The van der Waals surface area contributed by atoms with E-state index in [1.165, 1.54) is 6.07 Å². The van der Waals surface area contributed by atoms with E-state index in [-0.39, 0.29) is 11.7 Å². The highest BCUT2D eigenvalue weighted by Crippen LogP contribution is 2.49. The Labute approximate surface area is 156 Å². The zero-order chi connectivity index (χ0) is 18.9. The predicted octanol–water partition coefficient (Wildman–Crippen LogP) is 3.99. The number of halogens is 1. The van der Waals surface area contributed by atoms with Gasteiger partial charge in [-0.3, -0.25) is 9.69 Å². The van der Waals surface area contributed by atoms with Crippen LogP contribution in [-0.2, 0) is 11.3 Å². The molecule has 1 aliphatic carbocycles. The summed E-state index contributed by atoms with van der Waals surface area (Å²) in [6.07, 6.45) is 3.88. The molecule has 144 valence electrons. The lowest BCUT2D eigenvalue weighted by Crippen LogP contribution is -2.35. The third kappa shape index (κ3) is 3.59. The number of aliphatic carboxylic acids is 1. The molecule has 4 nitrogen and oxygen atoms in total. The zero-order valence-electron chi connectivity index (χ0n) is 16.2. The van der Waals surface area contributed by atoms with Crippen molar-refractivity contribution in [3.05, 3.63) is 29.6 Å². The second-order valence-electron chi connectivity index (χ2n) is 8.39. The van der Waals surface area contributed by atoms with E-state index in [0.29, 0.717) is 19.0 Å². The van der Waals surface area contributed by atoms with E-state index < -0.39 is 11.4 Å². The van der Waals surface area contributed by atoms with Crippen LogP contribution in [0.3, 0.4) is 0 Å². The fourth-order valence-corrected chi connectivity index (χ4v) is 4.85. The fraction of sp³-hybridized carbons (Fsp3) is 0.667. The number of benzene rings is 1. The molecule has 0 aromatic heterocycles. The number of hydrogen-bond donors (Lipinski definition) is 1. The maximum Gasteiger partial charge on any atom is 0.311 e. The van der Waals surface area contributed by atoms with Gasteiger partial charge < -0.3 is 10.0 Å². The molecular weight excluding hydrogens is 331 g/mol. The zero-order valence-corrected chi connectivity index (χ0v) is 16.2. The van der Waals surface area contributed by atoms with Gasteiger partial charge in [-0.1, -0.05) is 26.7 Å². The predicted molar refractivity (Wildman–Crippen MR) is 102 cm³/mol. The molecule has 1 aromatic carbocycles.